The standard InChI is InChI=1S/C29H34N2O12/c1-2-10-41-20-8-6-17(7-9-20)16-42-29(28(39)40)13-21(34)25(31-24(37)15-32)27(43-29)26(38)22(35)14-30-23(36)12-18-4-3-5-19(33)11-18/h1,3-9,11,21-22,25-27,32-35,38H,10,12-16H2,(H,30,36)(H,31,37)(H,39,40)/t21-,22+,25+,26+,27+,29+/m0/s1. The second-order valence-corrected chi connectivity index (χ2v) is 9.80. The van der Waals surface area contributed by atoms with Gasteiger partial charge in [-0.2, -0.15) is 0 Å². The van der Waals surface area contributed by atoms with E-state index in [0.29, 0.717) is 16.9 Å². The Hall–Kier alpha value is -4.23. The average molecular weight is 603 g/mol. The summed E-state index contributed by atoms with van der Waals surface area (Å²) in [5, 5.41) is 66.1. The first-order chi connectivity index (χ1) is 20.5. The van der Waals surface area contributed by atoms with Gasteiger partial charge in [-0.3, -0.25) is 9.59 Å². The summed E-state index contributed by atoms with van der Waals surface area (Å²) in [5.74, 6) is -2.96. The van der Waals surface area contributed by atoms with Crippen LogP contribution in [0.5, 0.6) is 11.5 Å². The van der Waals surface area contributed by atoms with E-state index in [4.69, 9.17) is 20.6 Å². The first-order valence-corrected chi connectivity index (χ1v) is 13.2. The molecule has 1 fully saturated rings. The molecular formula is C29H34N2O12. The fourth-order valence-electron chi connectivity index (χ4n) is 4.43. The molecule has 14 heteroatoms. The highest BCUT2D eigenvalue weighted by molar-refractivity contribution is 5.79. The van der Waals surface area contributed by atoms with Gasteiger partial charge < -0.3 is 55.5 Å². The Bertz CT molecular complexity index is 1300. The second-order valence-electron chi connectivity index (χ2n) is 9.80. The topological polar surface area (TPSA) is 224 Å². The molecule has 2 aromatic carbocycles. The van der Waals surface area contributed by atoms with Gasteiger partial charge in [-0.15, -0.1) is 6.42 Å². The number of carbonyl (C=O) groups is 3. The van der Waals surface area contributed by atoms with Crippen LogP contribution in [-0.2, 0) is 36.9 Å². The van der Waals surface area contributed by atoms with Crippen molar-refractivity contribution in [3.63, 3.8) is 0 Å². The Balaban J connectivity index is 1.75. The van der Waals surface area contributed by atoms with Crippen LogP contribution >= 0.6 is 0 Å². The van der Waals surface area contributed by atoms with Gasteiger partial charge in [0.2, 0.25) is 11.8 Å². The number of benzene rings is 2. The number of aliphatic hydroxyl groups is 4. The SMILES string of the molecule is C#CCOc1ccc(CO[C@]2(C(=O)O)C[C@H](O)[C@@H](NC(=O)CO)[C@H]([C@H](O)[C@H](O)CNC(=O)Cc3cccc(O)c3)O2)cc1. The van der Waals surface area contributed by atoms with E-state index in [-0.39, 0.29) is 25.4 Å². The van der Waals surface area contributed by atoms with Crippen molar-refractivity contribution in [1.29, 1.82) is 0 Å². The van der Waals surface area contributed by atoms with Crippen LogP contribution in [-0.4, -0.2) is 104 Å². The lowest BCUT2D eigenvalue weighted by atomic mass is 9.88. The molecule has 0 spiro atoms. The number of carbonyl (C=O) groups excluding carboxylic acids is 2. The van der Waals surface area contributed by atoms with Crippen LogP contribution in [0.4, 0.5) is 0 Å². The van der Waals surface area contributed by atoms with E-state index in [2.05, 4.69) is 16.6 Å². The maximum atomic E-state index is 12.4. The third kappa shape index (κ3) is 9.13. The fourth-order valence-corrected chi connectivity index (χ4v) is 4.43. The summed E-state index contributed by atoms with van der Waals surface area (Å²) < 4.78 is 16.6. The van der Waals surface area contributed by atoms with Gasteiger partial charge in [-0.1, -0.05) is 30.2 Å². The summed E-state index contributed by atoms with van der Waals surface area (Å²) in [5.41, 5.74) is 0.977. The highest BCUT2D eigenvalue weighted by Crippen LogP contribution is 2.34. The van der Waals surface area contributed by atoms with Gasteiger partial charge in [0, 0.05) is 13.0 Å². The number of amides is 2. The molecule has 1 aliphatic rings. The Labute approximate surface area is 246 Å². The lowest BCUT2D eigenvalue weighted by molar-refractivity contribution is -0.314. The van der Waals surface area contributed by atoms with Crippen molar-refractivity contribution < 1.29 is 59.2 Å². The molecule has 3 rings (SSSR count). The van der Waals surface area contributed by atoms with Crippen molar-refractivity contribution in [1.82, 2.24) is 10.6 Å². The minimum absolute atomic E-state index is 0.0417. The van der Waals surface area contributed by atoms with E-state index >= 15 is 0 Å². The molecule has 1 heterocycles. The van der Waals surface area contributed by atoms with Gasteiger partial charge in [-0.25, -0.2) is 4.79 Å². The van der Waals surface area contributed by atoms with Gasteiger partial charge in [0.25, 0.3) is 5.79 Å². The smallest absolute Gasteiger partial charge is 0.364 e. The Kier molecular flexibility index (Phi) is 11.8. The number of ether oxygens (including phenoxy) is 3. The largest absolute Gasteiger partial charge is 0.508 e. The summed E-state index contributed by atoms with van der Waals surface area (Å²) in [6, 6.07) is 10.8. The van der Waals surface area contributed by atoms with Crippen molar-refractivity contribution in [3.8, 4) is 23.8 Å². The Morgan fingerprint density at radius 3 is 2.47 bits per heavy atom. The zero-order valence-corrected chi connectivity index (χ0v) is 23.0. The van der Waals surface area contributed by atoms with Gasteiger partial charge in [0.15, 0.2) is 0 Å². The highest BCUT2D eigenvalue weighted by atomic mass is 16.7. The summed E-state index contributed by atoms with van der Waals surface area (Å²) in [6.45, 7) is -1.78. The molecule has 0 radical (unpaired) electrons. The molecule has 14 nitrogen and oxygen atoms in total. The summed E-state index contributed by atoms with van der Waals surface area (Å²) in [6.07, 6.45) is -2.85. The van der Waals surface area contributed by atoms with Crippen LogP contribution in [0.2, 0.25) is 0 Å². The molecule has 0 bridgehead atoms. The van der Waals surface area contributed by atoms with Gasteiger partial charge >= 0.3 is 5.97 Å². The molecule has 43 heavy (non-hydrogen) atoms. The van der Waals surface area contributed by atoms with E-state index in [1.165, 1.54) is 12.1 Å². The number of aliphatic carboxylic acids is 1. The predicted octanol–water partition coefficient (Wildman–Crippen LogP) is -1.59. The molecular weight excluding hydrogens is 568 g/mol. The molecule has 1 saturated heterocycles. The van der Waals surface area contributed by atoms with Crippen molar-refractivity contribution in [2.75, 3.05) is 19.8 Å². The van der Waals surface area contributed by atoms with Crippen LogP contribution in [0.3, 0.4) is 0 Å². The third-order valence-corrected chi connectivity index (χ3v) is 6.60. The van der Waals surface area contributed by atoms with Crippen LogP contribution in [0.15, 0.2) is 48.5 Å². The fraction of sp³-hybridized carbons (Fsp3) is 0.414. The van der Waals surface area contributed by atoms with Gasteiger partial charge in [0.1, 0.15) is 36.9 Å². The first kappa shape index (κ1) is 33.3. The van der Waals surface area contributed by atoms with E-state index < -0.39 is 73.6 Å². The number of carboxylic acids is 1. The van der Waals surface area contributed by atoms with Crippen LogP contribution in [0.25, 0.3) is 0 Å². The van der Waals surface area contributed by atoms with E-state index in [0.717, 1.165) is 0 Å². The second kappa shape index (κ2) is 15.3. The molecule has 2 amide bonds. The van der Waals surface area contributed by atoms with Crippen molar-refractivity contribution in [3.05, 3.63) is 59.7 Å². The van der Waals surface area contributed by atoms with Crippen molar-refractivity contribution >= 4 is 17.8 Å². The maximum absolute atomic E-state index is 12.4. The molecule has 0 aromatic heterocycles. The predicted molar refractivity (Wildman–Crippen MR) is 147 cm³/mol. The third-order valence-electron chi connectivity index (χ3n) is 6.60. The Morgan fingerprint density at radius 1 is 1.12 bits per heavy atom. The number of hydrogen-bond acceptors (Lipinski definition) is 11. The first-order valence-electron chi connectivity index (χ1n) is 13.2. The number of hydrogen-bond donors (Lipinski definition) is 8. The minimum Gasteiger partial charge on any atom is -0.508 e. The number of phenolic OH excluding ortho intramolecular Hbond substituents is 1. The van der Waals surface area contributed by atoms with E-state index in [1.807, 2.05) is 0 Å². The molecule has 232 valence electrons. The molecule has 8 N–H and O–H groups in total. The number of phenols is 1. The molecule has 0 unspecified atom stereocenters. The normalized spacial score (nSPS) is 22.9. The van der Waals surface area contributed by atoms with Crippen LogP contribution < -0.4 is 15.4 Å². The average Bonchev–Trinajstić information content (AvgIpc) is 2.98. The minimum atomic E-state index is -2.53. The number of carboxylic acid groups (broad SMARTS) is 1. The highest BCUT2D eigenvalue weighted by Gasteiger charge is 2.55. The summed E-state index contributed by atoms with van der Waals surface area (Å²) in [7, 11) is 0. The quantitative estimate of drug-likeness (QED) is 0.115. The van der Waals surface area contributed by atoms with Gasteiger partial charge in [0.05, 0.1) is 31.3 Å². The monoisotopic (exact) mass is 602 g/mol. The van der Waals surface area contributed by atoms with Crippen LogP contribution in [0, 0.1) is 12.3 Å². The van der Waals surface area contributed by atoms with Crippen molar-refractivity contribution in [2.24, 2.45) is 0 Å². The number of aliphatic hydroxyl groups excluding tert-OH is 4. The molecule has 0 aliphatic carbocycles. The lowest BCUT2D eigenvalue weighted by Gasteiger charge is -2.46. The zero-order valence-electron chi connectivity index (χ0n) is 23.0. The number of rotatable bonds is 14. The summed E-state index contributed by atoms with van der Waals surface area (Å²) in [4.78, 5) is 36.7. The van der Waals surface area contributed by atoms with E-state index in [9.17, 15) is 45.0 Å². The zero-order chi connectivity index (χ0) is 31.6. The Morgan fingerprint density at radius 2 is 1.84 bits per heavy atom. The number of aromatic hydroxyl groups is 1. The van der Waals surface area contributed by atoms with Gasteiger partial charge in [-0.05, 0) is 35.4 Å². The molecule has 2 aromatic rings. The van der Waals surface area contributed by atoms with Crippen molar-refractivity contribution in [2.45, 2.75) is 55.7 Å². The molecule has 0 saturated carbocycles. The van der Waals surface area contributed by atoms with E-state index in [1.54, 1.807) is 36.4 Å². The lowest BCUT2D eigenvalue weighted by Crippen LogP contribution is -2.68. The number of nitrogens with one attached hydrogen (secondary N) is 2. The van der Waals surface area contributed by atoms with Crippen LogP contribution in [0.1, 0.15) is 17.5 Å². The maximum Gasteiger partial charge on any atom is 0.364 e. The molecule has 6 atom stereocenters. The summed E-state index contributed by atoms with van der Waals surface area (Å²) >= 11 is 0. The molecule has 1 aliphatic heterocycles. The number of terminal acetylenes is 1.